The van der Waals surface area contributed by atoms with Crippen molar-refractivity contribution < 1.29 is 22.4 Å². The van der Waals surface area contributed by atoms with Gasteiger partial charge < -0.3 is 10.2 Å². The minimum Gasteiger partial charge on any atom is -0.352 e. The number of anilines is 1. The minimum absolute atomic E-state index is 0.0281. The van der Waals surface area contributed by atoms with Crippen LogP contribution in [-0.2, 0) is 26.2 Å². The second kappa shape index (κ2) is 11.2. The Balaban J connectivity index is 2.41. The number of sulfonamides is 1. The minimum atomic E-state index is -3.91. The van der Waals surface area contributed by atoms with Gasteiger partial charge in [0.15, 0.2) is 0 Å². The van der Waals surface area contributed by atoms with E-state index >= 15 is 0 Å². The second-order valence-electron chi connectivity index (χ2n) is 7.88. The van der Waals surface area contributed by atoms with Gasteiger partial charge in [0.2, 0.25) is 21.8 Å². The van der Waals surface area contributed by atoms with Gasteiger partial charge in [-0.3, -0.25) is 13.9 Å². The molecule has 1 N–H and O–H groups in total. The molecule has 0 spiro atoms. The van der Waals surface area contributed by atoms with Crippen molar-refractivity contribution in [3.05, 3.63) is 63.9 Å². The molecule has 0 saturated heterocycles. The zero-order chi connectivity index (χ0) is 24.9. The fourth-order valence-electron chi connectivity index (χ4n) is 3.07. The number of halogens is 3. The third-order valence-corrected chi connectivity index (χ3v) is 6.26. The van der Waals surface area contributed by atoms with Crippen molar-refractivity contribution in [2.24, 2.45) is 0 Å². The van der Waals surface area contributed by atoms with Gasteiger partial charge in [0, 0.05) is 22.6 Å². The SMILES string of the molecule is CC(C)NC(=O)C(C)N(Cc1ccc(F)cc1)C(=O)CN(c1cc(Cl)cc(Cl)c1)S(C)(=O)=O. The van der Waals surface area contributed by atoms with Gasteiger partial charge in [-0.15, -0.1) is 0 Å². The first-order valence-electron chi connectivity index (χ1n) is 10.1. The number of carbonyl (C=O) groups excluding carboxylic acids is 2. The van der Waals surface area contributed by atoms with Crippen LogP contribution >= 0.6 is 23.2 Å². The molecule has 0 heterocycles. The molecule has 2 amide bonds. The summed E-state index contributed by atoms with van der Waals surface area (Å²) in [7, 11) is -3.91. The van der Waals surface area contributed by atoms with Gasteiger partial charge in [-0.2, -0.15) is 0 Å². The smallest absolute Gasteiger partial charge is 0.244 e. The molecule has 1 atom stereocenters. The molecule has 0 saturated carbocycles. The monoisotopic (exact) mass is 517 g/mol. The van der Waals surface area contributed by atoms with Crippen molar-refractivity contribution in [2.75, 3.05) is 17.1 Å². The number of rotatable bonds is 9. The largest absolute Gasteiger partial charge is 0.352 e. The van der Waals surface area contributed by atoms with Gasteiger partial charge >= 0.3 is 0 Å². The van der Waals surface area contributed by atoms with Crippen LogP contribution in [0.15, 0.2) is 42.5 Å². The highest BCUT2D eigenvalue weighted by Crippen LogP contribution is 2.27. The summed E-state index contributed by atoms with van der Waals surface area (Å²) in [4.78, 5) is 27.2. The molecule has 0 aromatic heterocycles. The molecule has 0 aliphatic heterocycles. The lowest BCUT2D eigenvalue weighted by molar-refractivity contribution is -0.139. The maximum Gasteiger partial charge on any atom is 0.244 e. The Hall–Kier alpha value is -2.36. The van der Waals surface area contributed by atoms with Crippen LogP contribution < -0.4 is 9.62 Å². The summed E-state index contributed by atoms with van der Waals surface area (Å²) in [6, 6.07) is 8.58. The Labute approximate surface area is 203 Å². The fraction of sp³-hybridized carbons (Fsp3) is 0.364. The maximum atomic E-state index is 13.3. The Morgan fingerprint density at radius 1 is 1.03 bits per heavy atom. The number of nitrogens with zero attached hydrogens (tertiary/aromatic N) is 2. The number of nitrogens with one attached hydrogen (secondary N) is 1. The molecular weight excluding hydrogens is 492 g/mol. The van der Waals surface area contributed by atoms with E-state index in [9.17, 15) is 22.4 Å². The predicted octanol–water partition coefficient (Wildman–Crippen LogP) is 3.84. The highest BCUT2D eigenvalue weighted by atomic mass is 35.5. The molecular formula is C22H26Cl2FN3O4S. The number of hydrogen-bond acceptors (Lipinski definition) is 4. The number of hydrogen-bond donors (Lipinski definition) is 1. The van der Waals surface area contributed by atoms with Gasteiger partial charge in [0.1, 0.15) is 18.4 Å². The van der Waals surface area contributed by atoms with Crippen LogP contribution in [0, 0.1) is 5.82 Å². The fourth-order valence-corrected chi connectivity index (χ4v) is 4.42. The molecule has 0 radical (unpaired) electrons. The van der Waals surface area contributed by atoms with Crippen molar-refractivity contribution in [1.29, 1.82) is 0 Å². The molecule has 0 aliphatic rings. The second-order valence-corrected chi connectivity index (χ2v) is 10.7. The molecule has 180 valence electrons. The van der Waals surface area contributed by atoms with E-state index in [4.69, 9.17) is 23.2 Å². The van der Waals surface area contributed by atoms with Crippen LogP contribution in [0.5, 0.6) is 0 Å². The average molecular weight is 518 g/mol. The maximum absolute atomic E-state index is 13.3. The molecule has 1 unspecified atom stereocenters. The van der Waals surface area contributed by atoms with Crippen LogP contribution in [0.2, 0.25) is 10.0 Å². The highest BCUT2D eigenvalue weighted by Gasteiger charge is 2.30. The normalized spacial score (nSPS) is 12.4. The highest BCUT2D eigenvalue weighted by molar-refractivity contribution is 7.92. The van der Waals surface area contributed by atoms with Crippen molar-refractivity contribution in [2.45, 2.75) is 39.4 Å². The molecule has 0 bridgehead atoms. The van der Waals surface area contributed by atoms with Crippen LogP contribution in [0.4, 0.5) is 10.1 Å². The molecule has 2 aromatic carbocycles. The average Bonchev–Trinajstić information content (AvgIpc) is 2.68. The van der Waals surface area contributed by atoms with Gasteiger partial charge in [-0.25, -0.2) is 12.8 Å². The van der Waals surface area contributed by atoms with E-state index in [-0.39, 0.29) is 28.3 Å². The standard InChI is InChI=1S/C22H26Cl2FN3O4S/c1-14(2)26-22(30)15(3)27(12-16-5-7-19(25)8-6-16)21(29)13-28(33(4,31)32)20-10-17(23)9-18(24)11-20/h5-11,14-15H,12-13H2,1-4H3,(H,26,30). The van der Waals surface area contributed by atoms with E-state index in [2.05, 4.69) is 5.32 Å². The zero-order valence-electron chi connectivity index (χ0n) is 18.7. The predicted molar refractivity (Wildman–Crippen MR) is 128 cm³/mol. The Morgan fingerprint density at radius 2 is 1.58 bits per heavy atom. The first-order valence-corrected chi connectivity index (χ1v) is 12.7. The summed E-state index contributed by atoms with van der Waals surface area (Å²) >= 11 is 12.0. The molecule has 7 nitrogen and oxygen atoms in total. The Kier molecular flexibility index (Phi) is 9.11. The molecule has 2 aromatic rings. The van der Waals surface area contributed by atoms with Gasteiger partial charge in [-0.05, 0) is 56.7 Å². The van der Waals surface area contributed by atoms with Gasteiger partial charge in [0.05, 0.1) is 11.9 Å². The van der Waals surface area contributed by atoms with E-state index in [0.29, 0.717) is 5.56 Å². The number of carbonyl (C=O) groups is 2. The van der Waals surface area contributed by atoms with Crippen molar-refractivity contribution in [3.8, 4) is 0 Å². The van der Waals surface area contributed by atoms with Crippen molar-refractivity contribution in [3.63, 3.8) is 0 Å². The van der Waals surface area contributed by atoms with Crippen LogP contribution in [0.3, 0.4) is 0 Å². The first kappa shape index (κ1) is 26.9. The van der Waals surface area contributed by atoms with Crippen LogP contribution in [-0.4, -0.2) is 50.0 Å². The van der Waals surface area contributed by atoms with Crippen molar-refractivity contribution in [1.82, 2.24) is 10.2 Å². The van der Waals surface area contributed by atoms with Crippen molar-refractivity contribution >= 4 is 50.7 Å². The lowest BCUT2D eigenvalue weighted by atomic mass is 10.1. The first-order chi connectivity index (χ1) is 15.3. The quantitative estimate of drug-likeness (QED) is 0.547. The number of benzene rings is 2. The van der Waals surface area contributed by atoms with E-state index in [0.717, 1.165) is 10.6 Å². The number of amides is 2. The summed E-state index contributed by atoms with van der Waals surface area (Å²) in [5.41, 5.74) is 0.690. The van der Waals surface area contributed by atoms with Gasteiger partial charge in [-0.1, -0.05) is 35.3 Å². The molecule has 0 aliphatic carbocycles. The van der Waals surface area contributed by atoms with E-state index in [1.54, 1.807) is 20.8 Å². The summed E-state index contributed by atoms with van der Waals surface area (Å²) in [5, 5.41) is 3.14. The Morgan fingerprint density at radius 3 is 2.06 bits per heavy atom. The third-order valence-electron chi connectivity index (χ3n) is 4.68. The summed E-state index contributed by atoms with van der Waals surface area (Å²) < 4.78 is 39.2. The lowest BCUT2D eigenvalue weighted by Gasteiger charge is -2.32. The van der Waals surface area contributed by atoms with E-state index in [1.165, 1.54) is 47.4 Å². The Bertz CT molecular complexity index is 1090. The van der Waals surface area contributed by atoms with E-state index in [1.807, 2.05) is 0 Å². The molecule has 0 fully saturated rings. The van der Waals surface area contributed by atoms with Crippen LogP contribution in [0.25, 0.3) is 0 Å². The molecule has 2 rings (SSSR count). The third kappa shape index (κ3) is 7.87. The topological polar surface area (TPSA) is 86.8 Å². The van der Waals surface area contributed by atoms with Crippen LogP contribution in [0.1, 0.15) is 26.3 Å². The summed E-state index contributed by atoms with van der Waals surface area (Å²) in [6.07, 6.45) is 0.953. The molecule has 33 heavy (non-hydrogen) atoms. The zero-order valence-corrected chi connectivity index (χ0v) is 21.0. The summed E-state index contributed by atoms with van der Waals surface area (Å²) in [5.74, 6) is -1.48. The summed E-state index contributed by atoms with van der Waals surface area (Å²) in [6.45, 7) is 4.49. The molecule has 11 heteroatoms. The lowest BCUT2D eigenvalue weighted by Crippen LogP contribution is -2.52. The van der Waals surface area contributed by atoms with E-state index < -0.39 is 40.2 Å². The van der Waals surface area contributed by atoms with Gasteiger partial charge in [0.25, 0.3) is 0 Å².